The number of nitrogens with one attached hydrogen (secondary N) is 1. The molecule has 0 radical (unpaired) electrons. The summed E-state index contributed by atoms with van der Waals surface area (Å²) in [5.41, 5.74) is 3.57. The van der Waals surface area contributed by atoms with Crippen molar-refractivity contribution in [1.29, 1.82) is 0 Å². The van der Waals surface area contributed by atoms with E-state index in [4.69, 9.17) is 9.52 Å². The lowest BCUT2D eigenvalue weighted by Gasteiger charge is -2.07. The van der Waals surface area contributed by atoms with Crippen molar-refractivity contribution >= 4 is 5.69 Å². The molecule has 3 nitrogen and oxygen atoms in total. The Hall–Kier alpha value is -1.74. The summed E-state index contributed by atoms with van der Waals surface area (Å²) >= 11 is 0. The van der Waals surface area contributed by atoms with Crippen LogP contribution in [0.1, 0.15) is 22.6 Å². The van der Waals surface area contributed by atoms with Gasteiger partial charge in [-0.3, -0.25) is 0 Å². The number of rotatable bonds is 4. The lowest BCUT2D eigenvalue weighted by atomic mass is 10.1. The molecule has 3 heteroatoms. The Morgan fingerprint density at radius 3 is 2.29 bits per heavy atom. The van der Waals surface area contributed by atoms with Crippen molar-refractivity contribution in [2.45, 2.75) is 27.0 Å². The van der Waals surface area contributed by atoms with Crippen LogP contribution >= 0.6 is 0 Å². The molecule has 2 rings (SSSR count). The van der Waals surface area contributed by atoms with Crippen molar-refractivity contribution in [3.8, 4) is 0 Å². The largest absolute Gasteiger partial charge is 0.462 e. The van der Waals surface area contributed by atoms with Gasteiger partial charge in [0.25, 0.3) is 0 Å². The Labute approximate surface area is 101 Å². The second-order valence-corrected chi connectivity index (χ2v) is 4.26. The minimum absolute atomic E-state index is 0.0520. The fourth-order valence-electron chi connectivity index (χ4n) is 1.87. The van der Waals surface area contributed by atoms with Gasteiger partial charge in [0.2, 0.25) is 0 Å². The molecule has 0 amide bonds. The van der Waals surface area contributed by atoms with E-state index in [1.807, 2.05) is 6.07 Å². The van der Waals surface area contributed by atoms with E-state index in [0.717, 1.165) is 11.4 Å². The fraction of sp³-hybridized carbons (Fsp3) is 0.286. The molecule has 0 aliphatic carbocycles. The molecule has 0 saturated heterocycles. The maximum atomic E-state index is 8.89. The van der Waals surface area contributed by atoms with E-state index in [1.165, 1.54) is 11.1 Å². The summed E-state index contributed by atoms with van der Waals surface area (Å²) in [5, 5.41) is 12.2. The van der Waals surface area contributed by atoms with Gasteiger partial charge in [0, 0.05) is 5.69 Å². The van der Waals surface area contributed by atoms with E-state index in [9.17, 15) is 0 Å². The van der Waals surface area contributed by atoms with Crippen molar-refractivity contribution in [1.82, 2.24) is 0 Å². The molecule has 0 spiro atoms. The predicted molar refractivity (Wildman–Crippen MR) is 67.9 cm³/mol. The smallest absolute Gasteiger partial charge is 0.129 e. The van der Waals surface area contributed by atoms with Crippen molar-refractivity contribution in [3.05, 3.63) is 53.0 Å². The van der Waals surface area contributed by atoms with Gasteiger partial charge in [-0.2, -0.15) is 0 Å². The summed E-state index contributed by atoms with van der Waals surface area (Å²) in [7, 11) is 0. The molecule has 0 unspecified atom stereocenters. The second-order valence-electron chi connectivity index (χ2n) is 4.26. The van der Waals surface area contributed by atoms with Crippen molar-refractivity contribution in [2.75, 3.05) is 5.32 Å². The van der Waals surface area contributed by atoms with Gasteiger partial charge in [-0.1, -0.05) is 6.07 Å². The summed E-state index contributed by atoms with van der Waals surface area (Å²) < 4.78 is 5.40. The molecule has 1 aromatic carbocycles. The summed E-state index contributed by atoms with van der Waals surface area (Å²) in [5.74, 6) is 1.43. The molecule has 17 heavy (non-hydrogen) atoms. The maximum Gasteiger partial charge on any atom is 0.129 e. The molecule has 90 valence electrons. The minimum atomic E-state index is -0.0520. The number of furan rings is 1. The van der Waals surface area contributed by atoms with Gasteiger partial charge < -0.3 is 14.8 Å². The van der Waals surface area contributed by atoms with E-state index < -0.39 is 0 Å². The number of anilines is 1. The maximum absolute atomic E-state index is 8.89. The number of aliphatic hydroxyl groups is 1. The molecule has 2 N–H and O–H groups in total. The highest BCUT2D eigenvalue weighted by Crippen LogP contribution is 2.15. The van der Waals surface area contributed by atoms with Crippen molar-refractivity contribution < 1.29 is 9.52 Å². The first kappa shape index (κ1) is 11.7. The van der Waals surface area contributed by atoms with Crippen LogP contribution in [0.4, 0.5) is 5.69 Å². The van der Waals surface area contributed by atoms with Crippen LogP contribution in [0, 0.1) is 13.8 Å². The predicted octanol–water partition coefficient (Wildman–Crippen LogP) is 3.00. The normalized spacial score (nSPS) is 10.5. The molecule has 2 aromatic rings. The van der Waals surface area contributed by atoms with Gasteiger partial charge in [-0.05, 0) is 49.2 Å². The molecular formula is C14H17NO2. The van der Waals surface area contributed by atoms with Gasteiger partial charge in [-0.15, -0.1) is 0 Å². The van der Waals surface area contributed by atoms with E-state index in [2.05, 4.69) is 37.4 Å². The minimum Gasteiger partial charge on any atom is -0.462 e. The van der Waals surface area contributed by atoms with Crippen molar-refractivity contribution in [3.63, 3.8) is 0 Å². The van der Waals surface area contributed by atoms with Gasteiger partial charge in [0.15, 0.2) is 0 Å². The number of hydrogen-bond acceptors (Lipinski definition) is 3. The third-order valence-corrected chi connectivity index (χ3v) is 2.56. The Kier molecular flexibility index (Phi) is 3.49. The monoisotopic (exact) mass is 231 g/mol. The molecule has 0 fully saturated rings. The molecular weight excluding hydrogens is 214 g/mol. The average molecular weight is 231 g/mol. The van der Waals surface area contributed by atoms with Crippen LogP contribution in [-0.2, 0) is 13.2 Å². The average Bonchev–Trinajstić information content (AvgIpc) is 2.73. The standard InChI is InChI=1S/C14H17NO2/c1-10-5-11(2)7-12(6-10)15-8-13-3-4-14(9-16)17-13/h3-7,15-16H,8-9H2,1-2H3. The topological polar surface area (TPSA) is 45.4 Å². The molecule has 0 atom stereocenters. The number of aliphatic hydroxyl groups excluding tert-OH is 1. The third-order valence-electron chi connectivity index (χ3n) is 2.56. The number of aryl methyl sites for hydroxylation is 2. The Morgan fingerprint density at radius 2 is 1.71 bits per heavy atom. The second kappa shape index (κ2) is 5.06. The first-order valence-electron chi connectivity index (χ1n) is 5.68. The highest BCUT2D eigenvalue weighted by atomic mass is 16.4. The van der Waals surface area contributed by atoms with Crippen LogP contribution in [0.25, 0.3) is 0 Å². The SMILES string of the molecule is Cc1cc(C)cc(NCc2ccc(CO)o2)c1. The Morgan fingerprint density at radius 1 is 1.06 bits per heavy atom. The lowest BCUT2D eigenvalue weighted by Crippen LogP contribution is -1.98. The van der Waals surface area contributed by atoms with E-state index in [0.29, 0.717) is 12.3 Å². The third kappa shape index (κ3) is 3.11. The Balaban J connectivity index is 2.01. The molecule has 0 bridgehead atoms. The first-order valence-corrected chi connectivity index (χ1v) is 5.68. The molecule has 0 aliphatic rings. The zero-order valence-electron chi connectivity index (χ0n) is 10.2. The van der Waals surface area contributed by atoms with Crippen LogP contribution in [0.5, 0.6) is 0 Å². The van der Waals surface area contributed by atoms with E-state index >= 15 is 0 Å². The van der Waals surface area contributed by atoms with Crippen LogP contribution in [-0.4, -0.2) is 5.11 Å². The van der Waals surface area contributed by atoms with Gasteiger partial charge in [0.1, 0.15) is 18.1 Å². The van der Waals surface area contributed by atoms with Crippen LogP contribution in [0.2, 0.25) is 0 Å². The highest BCUT2D eigenvalue weighted by molar-refractivity contribution is 5.48. The van der Waals surface area contributed by atoms with Gasteiger partial charge in [0.05, 0.1) is 6.54 Å². The van der Waals surface area contributed by atoms with Crippen molar-refractivity contribution in [2.24, 2.45) is 0 Å². The fourth-order valence-corrected chi connectivity index (χ4v) is 1.87. The number of hydrogen-bond donors (Lipinski definition) is 2. The quantitative estimate of drug-likeness (QED) is 0.850. The highest BCUT2D eigenvalue weighted by Gasteiger charge is 2.01. The summed E-state index contributed by atoms with van der Waals surface area (Å²) in [4.78, 5) is 0. The van der Waals surface area contributed by atoms with E-state index in [-0.39, 0.29) is 6.61 Å². The van der Waals surface area contributed by atoms with Gasteiger partial charge in [-0.25, -0.2) is 0 Å². The van der Waals surface area contributed by atoms with E-state index in [1.54, 1.807) is 6.07 Å². The lowest BCUT2D eigenvalue weighted by molar-refractivity contribution is 0.244. The zero-order valence-corrected chi connectivity index (χ0v) is 10.2. The molecule has 0 saturated carbocycles. The molecule has 1 heterocycles. The first-order chi connectivity index (χ1) is 8.17. The Bertz CT molecular complexity index is 482. The zero-order chi connectivity index (χ0) is 12.3. The van der Waals surface area contributed by atoms with Crippen LogP contribution in [0.3, 0.4) is 0 Å². The van der Waals surface area contributed by atoms with Crippen LogP contribution in [0.15, 0.2) is 34.7 Å². The number of benzene rings is 1. The molecule has 1 aromatic heterocycles. The molecule has 0 aliphatic heterocycles. The summed E-state index contributed by atoms with van der Waals surface area (Å²) in [6.07, 6.45) is 0. The van der Waals surface area contributed by atoms with Crippen LogP contribution < -0.4 is 5.32 Å². The summed E-state index contributed by atoms with van der Waals surface area (Å²) in [6, 6.07) is 10.0. The summed E-state index contributed by atoms with van der Waals surface area (Å²) in [6.45, 7) is 4.73. The van der Waals surface area contributed by atoms with Gasteiger partial charge >= 0.3 is 0 Å².